The number of carbonyl (C=O) groups excluding carboxylic acids is 1. The number of carbonyl (C=O) groups is 1. The smallest absolute Gasteiger partial charge is 0.138 e. The average Bonchev–Trinajstić information content (AvgIpc) is 2.05. The summed E-state index contributed by atoms with van der Waals surface area (Å²) < 4.78 is 0. The molecule has 0 radical (unpaired) electrons. The molecule has 0 heterocycles. The summed E-state index contributed by atoms with van der Waals surface area (Å²) in [6.07, 6.45) is 3.35. The maximum atomic E-state index is 11.1. The molecule has 0 aromatic carbocycles. The fourth-order valence-electron chi connectivity index (χ4n) is 0.868. The van der Waals surface area contributed by atoms with Gasteiger partial charge in [-0.05, 0) is 19.3 Å². The first-order chi connectivity index (χ1) is 5.70. The number of halogens is 1. The van der Waals surface area contributed by atoms with Crippen molar-refractivity contribution in [1.82, 2.24) is 0 Å². The van der Waals surface area contributed by atoms with Crippen LogP contribution in [0.1, 0.15) is 39.0 Å². The summed E-state index contributed by atoms with van der Waals surface area (Å²) in [5.41, 5.74) is 0.533. The second kappa shape index (κ2) is 7.29. The Kier molecular flexibility index (Phi) is 7.06. The molecule has 1 N–H and O–H groups in total. The molecule has 3 heteroatoms. The number of hydrogen-bond donors (Lipinski definition) is 1. The fourth-order valence-corrected chi connectivity index (χ4v) is 1.06. The zero-order valence-corrected chi connectivity index (χ0v) is 8.28. The maximum absolute atomic E-state index is 11.1. The molecule has 2 nitrogen and oxygen atoms in total. The third kappa shape index (κ3) is 6.35. The molecule has 0 saturated heterocycles. The van der Waals surface area contributed by atoms with E-state index in [-0.39, 0.29) is 5.78 Å². The molecule has 0 bridgehead atoms. The summed E-state index contributed by atoms with van der Waals surface area (Å²) in [6, 6.07) is 0. The largest absolute Gasteiger partial charge is 0.309 e. The normalized spacial score (nSPS) is 9.83. The molecule has 0 aromatic heterocycles. The van der Waals surface area contributed by atoms with Gasteiger partial charge in [0.2, 0.25) is 0 Å². The third-order valence-electron chi connectivity index (χ3n) is 1.68. The van der Waals surface area contributed by atoms with Crippen molar-refractivity contribution in [1.29, 1.82) is 5.41 Å². The van der Waals surface area contributed by atoms with E-state index in [0.717, 1.165) is 12.8 Å². The molecule has 0 unspecified atom stereocenters. The van der Waals surface area contributed by atoms with Gasteiger partial charge in [-0.25, -0.2) is 0 Å². The highest BCUT2D eigenvalue weighted by Gasteiger charge is 2.03. The Balaban J connectivity index is 3.40. The van der Waals surface area contributed by atoms with Gasteiger partial charge in [0.25, 0.3) is 0 Å². The summed E-state index contributed by atoms with van der Waals surface area (Å²) >= 11 is 5.46. The lowest BCUT2D eigenvalue weighted by Crippen LogP contribution is -2.05. The summed E-state index contributed by atoms with van der Waals surface area (Å²) in [5.74, 6) is 0.797. The van der Waals surface area contributed by atoms with Crippen LogP contribution in [0.3, 0.4) is 0 Å². The van der Waals surface area contributed by atoms with Crippen LogP contribution in [0.4, 0.5) is 0 Å². The van der Waals surface area contributed by atoms with Gasteiger partial charge in [0.05, 0.1) is 0 Å². The van der Waals surface area contributed by atoms with Crippen LogP contribution in [0.5, 0.6) is 0 Å². The molecule has 0 fully saturated rings. The minimum atomic E-state index is 0.173. The molecule has 0 saturated carbocycles. The number of alkyl halides is 1. The van der Waals surface area contributed by atoms with Crippen LogP contribution >= 0.6 is 11.6 Å². The van der Waals surface area contributed by atoms with Gasteiger partial charge in [-0.3, -0.25) is 4.79 Å². The van der Waals surface area contributed by atoms with Crippen LogP contribution < -0.4 is 0 Å². The van der Waals surface area contributed by atoms with Gasteiger partial charge in [0.1, 0.15) is 5.78 Å². The van der Waals surface area contributed by atoms with Gasteiger partial charge in [-0.15, -0.1) is 11.6 Å². The Hall–Kier alpha value is -0.370. The highest BCUT2D eigenvalue weighted by Crippen LogP contribution is 2.02. The van der Waals surface area contributed by atoms with E-state index in [1.807, 2.05) is 6.92 Å². The average molecular weight is 190 g/mol. The molecule has 70 valence electrons. The number of rotatable bonds is 7. The van der Waals surface area contributed by atoms with Crippen molar-refractivity contribution in [3.8, 4) is 0 Å². The van der Waals surface area contributed by atoms with Gasteiger partial charge in [-0.2, -0.15) is 0 Å². The molecule has 12 heavy (non-hydrogen) atoms. The molecular formula is C9H16ClNO. The van der Waals surface area contributed by atoms with E-state index < -0.39 is 0 Å². The van der Waals surface area contributed by atoms with Gasteiger partial charge in [-0.1, -0.05) is 6.92 Å². The fraction of sp³-hybridized carbons (Fsp3) is 0.778. The van der Waals surface area contributed by atoms with E-state index in [4.69, 9.17) is 17.0 Å². The van der Waals surface area contributed by atoms with Crippen molar-refractivity contribution in [2.24, 2.45) is 0 Å². The topological polar surface area (TPSA) is 40.9 Å². The first-order valence-electron chi connectivity index (χ1n) is 4.34. The quantitative estimate of drug-likeness (QED) is 0.374. The zero-order chi connectivity index (χ0) is 9.40. The second-order valence-corrected chi connectivity index (χ2v) is 3.20. The lowest BCUT2D eigenvalue weighted by molar-refractivity contribution is -0.118. The predicted octanol–water partition coefficient (Wildman–Crippen LogP) is 2.78. The van der Waals surface area contributed by atoms with Crippen LogP contribution in [0, 0.1) is 5.41 Å². The monoisotopic (exact) mass is 189 g/mol. The standard InChI is InChI=1S/C9H16ClNO/c1-2-8(11)7-9(12)5-3-4-6-10/h11H,2-7H2,1H3. The van der Waals surface area contributed by atoms with Crippen molar-refractivity contribution in [2.45, 2.75) is 39.0 Å². The molecule has 0 aliphatic carbocycles. The van der Waals surface area contributed by atoms with Gasteiger partial charge < -0.3 is 5.41 Å². The van der Waals surface area contributed by atoms with Gasteiger partial charge in [0, 0.05) is 24.4 Å². The molecule has 0 amide bonds. The molecule has 0 aromatic rings. The van der Waals surface area contributed by atoms with Crippen molar-refractivity contribution in [3.63, 3.8) is 0 Å². The van der Waals surface area contributed by atoms with Gasteiger partial charge in [0.15, 0.2) is 0 Å². The van der Waals surface area contributed by atoms with Crippen molar-refractivity contribution < 1.29 is 4.79 Å². The zero-order valence-electron chi connectivity index (χ0n) is 7.53. The highest BCUT2D eigenvalue weighted by atomic mass is 35.5. The Labute approximate surface area is 78.8 Å². The number of ketones is 1. The van der Waals surface area contributed by atoms with Crippen molar-refractivity contribution in [3.05, 3.63) is 0 Å². The summed E-state index contributed by atoms with van der Waals surface area (Å²) in [4.78, 5) is 11.1. The summed E-state index contributed by atoms with van der Waals surface area (Å²) in [6.45, 7) is 1.90. The van der Waals surface area contributed by atoms with E-state index in [9.17, 15) is 4.79 Å². The van der Waals surface area contributed by atoms with E-state index in [0.29, 0.717) is 30.9 Å². The Morgan fingerprint density at radius 3 is 2.58 bits per heavy atom. The van der Waals surface area contributed by atoms with Crippen LogP contribution in [0.25, 0.3) is 0 Å². The van der Waals surface area contributed by atoms with Crippen molar-refractivity contribution >= 4 is 23.1 Å². The Morgan fingerprint density at radius 2 is 2.08 bits per heavy atom. The molecule has 0 aliphatic heterocycles. The van der Waals surface area contributed by atoms with Gasteiger partial charge >= 0.3 is 0 Å². The predicted molar refractivity (Wildman–Crippen MR) is 52.2 cm³/mol. The van der Waals surface area contributed by atoms with E-state index in [1.54, 1.807) is 0 Å². The third-order valence-corrected chi connectivity index (χ3v) is 1.94. The number of unbranched alkanes of at least 4 members (excludes halogenated alkanes) is 1. The van der Waals surface area contributed by atoms with Crippen LogP contribution in [0.15, 0.2) is 0 Å². The molecule has 0 spiro atoms. The summed E-state index contributed by atoms with van der Waals surface area (Å²) in [7, 11) is 0. The number of nitrogens with one attached hydrogen (secondary N) is 1. The minimum Gasteiger partial charge on any atom is -0.309 e. The number of Topliss-reactive ketones (excluding diaryl/α,β-unsaturated/α-hetero) is 1. The second-order valence-electron chi connectivity index (χ2n) is 2.82. The Bertz CT molecular complexity index is 157. The van der Waals surface area contributed by atoms with Crippen LogP contribution in [0.2, 0.25) is 0 Å². The molecule has 0 atom stereocenters. The lowest BCUT2D eigenvalue weighted by atomic mass is 10.1. The maximum Gasteiger partial charge on any atom is 0.138 e. The Morgan fingerprint density at radius 1 is 1.42 bits per heavy atom. The first kappa shape index (κ1) is 11.6. The van der Waals surface area contributed by atoms with E-state index in [1.165, 1.54) is 0 Å². The number of hydrogen-bond acceptors (Lipinski definition) is 2. The van der Waals surface area contributed by atoms with E-state index in [2.05, 4.69) is 0 Å². The minimum absolute atomic E-state index is 0.173. The molecule has 0 aliphatic rings. The lowest BCUT2D eigenvalue weighted by Gasteiger charge is -1.99. The van der Waals surface area contributed by atoms with Crippen LogP contribution in [-0.4, -0.2) is 17.4 Å². The van der Waals surface area contributed by atoms with Crippen LogP contribution in [-0.2, 0) is 4.79 Å². The highest BCUT2D eigenvalue weighted by molar-refractivity contribution is 6.17. The van der Waals surface area contributed by atoms with E-state index >= 15 is 0 Å². The molecular weight excluding hydrogens is 174 g/mol. The molecule has 0 rings (SSSR count). The first-order valence-corrected chi connectivity index (χ1v) is 4.88. The summed E-state index contributed by atoms with van der Waals surface area (Å²) in [5, 5.41) is 7.30. The SMILES string of the molecule is CCC(=N)CC(=O)CCCCCl. The van der Waals surface area contributed by atoms with Crippen molar-refractivity contribution in [2.75, 3.05) is 5.88 Å².